The number of hydrogen-bond donors (Lipinski definition) is 2. The number of carbonyl (C=O) groups excluding carboxylic acids is 1. The Morgan fingerprint density at radius 2 is 2.10 bits per heavy atom. The van der Waals surface area contributed by atoms with Crippen LogP contribution >= 0.6 is 11.3 Å². The van der Waals surface area contributed by atoms with E-state index in [-0.39, 0.29) is 17.9 Å². The maximum absolute atomic E-state index is 12.3. The van der Waals surface area contributed by atoms with Crippen molar-refractivity contribution in [2.45, 2.75) is 32.7 Å². The molecule has 0 saturated carbocycles. The quantitative estimate of drug-likeness (QED) is 0.907. The lowest BCUT2D eigenvalue weighted by molar-refractivity contribution is 0.0939. The SMILES string of the molecule is CC(C)c1cc(C(=O)NC(C)c2nccs2)cc(N)n1. The minimum absolute atomic E-state index is 0.126. The fourth-order valence-electron chi connectivity index (χ4n) is 1.79. The lowest BCUT2D eigenvalue weighted by Gasteiger charge is -2.13. The van der Waals surface area contributed by atoms with Crippen molar-refractivity contribution in [3.63, 3.8) is 0 Å². The Labute approximate surface area is 122 Å². The predicted octanol–water partition coefficient (Wildman–Crippen LogP) is 2.73. The smallest absolute Gasteiger partial charge is 0.252 e. The van der Waals surface area contributed by atoms with E-state index in [1.165, 1.54) is 11.3 Å². The summed E-state index contributed by atoms with van der Waals surface area (Å²) < 4.78 is 0. The molecule has 0 spiro atoms. The van der Waals surface area contributed by atoms with E-state index in [1.54, 1.807) is 18.3 Å². The van der Waals surface area contributed by atoms with Gasteiger partial charge in [-0.15, -0.1) is 11.3 Å². The van der Waals surface area contributed by atoms with Crippen LogP contribution in [0.1, 0.15) is 53.8 Å². The van der Waals surface area contributed by atoms with Gasteiger partial charge >= 0.3 is 0 Å². The third-order valence-electron chi connectivity index (χ3n) is 2.89. The summed E-state index contributed by atoms with van der Waals surface area (Å²) in [5, 5.41) is 5.68. The molecule has 3 N–H and O–H groups in total. The summed E-state index contributed by atoms with van der Waals surface area (Å²) in [4.78, 5) is 20.7. The Bertz CT molecular complexity index is 595. The second-order valence-electron chi connectivity index (χ2n) is 4.93. The van der Waals surface area contributed by atoms with Gasteiger partial charge in [0.15, 0.2) is 0 Å². The summed E-state index contributed by atoms with van der Waals surface area (Å²) in [6.07, 6.45) is 1.73. The number of carbonyl (C=O) groups is 1. The monoisotopic (exact) mass is 290 g/mol. The van der Waals surface area contributed by atoms with E-state index >= 15 is 0 Å². The summed E-state index contributed by atoms with van der Waals surface area (Å²) >= 11 is 1.52. The van der Waals surface area contributed by atoms with Crippen LogP contribution in [0.15, 0.2) is 23.7 Å². The van der Waals surface area contributed by atoms with Gasteiger partial charge in [-0.05, 0) is 25.0 Å². The van der Waals surface area contributed by atoms with Gasteiger partial charge in [0.2, 0.25) is 0 Å². The van der Waals surface area contributed by atoms with Crippen LogP contribution in [0.5, 0.6) is 0 Å². The molecule has 0 aliphatic carbocycles. The molecule has 0 aliphatic rings. The highest BCUT2D eigenvalue weighted by atomic mass is 32.1. The van der Waals surface area contributed by atoms with E-state index in [0.29, 0.717) is 11.4 Å². The molecule has 0 aliphatic heterocycles. The number of nitrogen functional groups attached to an aromatic ring is 1. The number of pyridine rings is 1. The van der Waals surface area contributed by atoms with Gasteiger partial charge in [-0.2, -0.15) is 0 Å². The zero-order chi connectivity index (χ0) is 14.7. The highest BCUT2D eigenvalue weighted by Crippen LogP contribution is 2.18. The summed E-state index contributed by atoms with van der Waals surface area (Å²) in [6.45, 7) is 5.94. The molecule has 2 aromatic heterocycles. The molecule has 0 saturated heterocycles. The average molecular weight is 290 g/mol. The van der Waals surface area contributed by atoms with Crippen LogP contribution in [0.4, 0.5) is 5.82 Å². The first-order chi connectivity index (χ1) is 9.47. The molecule has 1 amide bonds. The van der Waals surface area contributed by atoms with Gasteiger partial charge in [0.25, 0.3) is 5.91 Å². The molecule has 5 nitrogen and oxygen atoms in total. The predicted molar refractivity (Wildman–Crippen MR) is 80.7 cm³/mol. The lowest BCUT2D eigenvalue weighted by atomic mass is 10.1. The molecule has 1 unspecified atom stereocenters. The molecule has 0 fully saturated rings. The first-order valence-corrected chi connectivity index (χ1v) is 7.33. The van der Waals surface area contributed by atoms with Gasteiger partial charge in [-0.1, -0.05) is 13.8 Å². The fourth-order valence-corrected chi connectivity index (χ4v) is 2.44. The van der Waals surface area contributed by atoms with Crippen molar-refractivity contribution in [2.75, 3.05) is 5.73 Å². The minimum atomic E-state index is -0.163. The molecule has 2 rings (SSSR count). The summed E-state index contributed by atoms with van der Waals surface area (Å²) in [5.41, 5.74) is 7.11. The molecule has 1 atom stereocenters. The van der Waals surface area contributed by atoms with Crippen molar-refractivity contribution in [2.24, 2.45) is 0 Å². The van der Waals surface area contributed by atoms with Gasteiger partial charge in [0.05, 0.1) is 6.04 Å². The lowest BCUT2D eigenvalue weighted by Crippen LogP contribution is -2.27. The molecule has 6 heteroatoms. The van der Waals surface area contributed by atoms with Gasteiger partial charge in [0.1, 0.15) is 10.8 Å². The van der Waals surface area contributed by atoms with Gasteiger partial charge in [-0.25, -0.2) is 9.97 Å². The second kappa shape index (κ2) is 6.00. The van der Waals surface area contributed by atoms with Crippen LogP contribution in [-0.2, 0) is 0 Å². The van der Waals surface area contributed by atoms with Crippen molar-refractivity contribution in [1.29, 1.82) is 0 Å². The van der Waals surface area contributed by atoms with Crippen molar-refractivity contribution in [3.05, 3.63) is 40.0 Å². The first kappa shape index (κ1) is 14.5. The Balaban J connectivity index is 2.17. The number of hydrogen-bond acceptors (Lipinski definition) is 5. The summed E-state index contributed by atoms with van der Waals surface area (Å²) in [6, 6.07) is 3.25. The third kappa shape index (κ3) is 3.33. The van der Waals surface area contributed by atoms with E-state index in [4.69, 9.17) is 5.73 Å². The largest absolute Gasteiger partial charge is 0.384 e. The standard InChI is InChI=1S/C14H18N4OS/c1-8(2)11-6-10(7-12(15)18-11)13(19)17-9(3)14-16-4-5-20-14/h4-9H,1-3H3,(H2,15,18)(H,17,19). The van der Waals surface area contributed by atoms with Crippen molar-refractivity contribution < 1.29 is 4.79 Å². The Morgan fingerprint density at radius 3 is 2.70 bits per heavy atom. The minimum Gasteiger partial charge on any atom is -0.384 e. The molecular formula is C14H18N4OS. The molecule has 0 radical (unpaired) electrons. The van der Waals surface area contributed by atoms with Crippen LogP contribution in [0.2, 0.25) is 0 Å². The summed E-state index contributed by atoms with van der Waals surface area (Å²) in [7, 11) is 0. The molecule has 2 heterocycles. The number of nitrogens with one attached hydrogen (secondary N) is 1. The van der Waals surface area contributed by atoms with Crippen molar-refractivity contribution in [3.8, 4) is 0 Å². The fraction of sp³-hybridized carbons (Fsp3) is 0.357. The topological polar surface area (TPSA) is 80.9 Å². The van der Waals surface area contributed by atoms with Crippen LogP contribution < -0.4 is 11.1 Å². The third-order valence-corrected chi connectivity index (χ3v) is 3.85. The number of anilines is 1. The number of nitrogens with zero attached hydrogens (tertiary/aromatic N) is 2. The van der Waals surface area contributed by atoms with Crippen LogP contribution in [0.25, 0.3) is 0 Å². The first-order valence-electron chi connectivity index (χ1n) is 6.45. The van der Waals surface area contributed by atoms with Crippen LogP contribution in [0, 0.1) is 0 Å². The highest BCUT2D eigenvalue weighted by Gasteiger charge is 2.15. The van der Waals surface area contributed by atoms with Crippen LogP contribution in [0.3, 0.4) is 0 Å². The molecule has 20 heavy (non-hydrogen) atoms. The number of thiazole rings is 1. The maximum Gasteiger partial charge on any atom is 0.252 e. The van der Waals surface area contributed by atoms with E-state index in [2.05, 4.69) is 15.3 Å². The van der Waals surface area contributed by atoms with E-state index in [0.717, 1.165) is 10.7 Å². The van der Waals surface area contributed by atoms with E-state index < -0.39 is 0 Å². The summed E-state index contributed by atoms with van der Waals surface area (Å²) in [5.74, 6) is 0.424. The number of amides is 1. The highest BCUT2D eigenvalue weighted by molar-refractivity contribution is 7.09. The average Bonchev–Trinajstić information content (AvgIpc) is 2.91. The molecule has 106 valence electrons. The van der Waals surface area contributed by atoms with Gasteiger partial charge in [0, 0.05) is 22.8 Å². The Hall–Kier alpha value is -1.95. The van der Waals surface area contributed by atoms with Gasteiger partial charge < -0.3 is 11.1 Å². The Morgan fingerprint density at radius 1 is 1.35 bits per heavy atom. The number of rotatable bonds is 4. The number of nitrogens with two attached hydrogens (primary N) is 1. The van der Waals surface area contributed by atoms with Gasteiger partial charge in [-0.3, -0.25) is 4.79 Å². The normalized spacial score (nSPS) is 12.4. The number of aromatic nitrogens is 2. The van der Waals surface area contributed by atoms with E-state index in [9.17, 15) is 4.79 Å². The van der Waals surface area contributed by atoms with E-state index in [1.807, 2.05) is 26.2 Å². The molecule has 2 aromatic rings. The van der Waals surface area contributed by atoms with Crippen molar-refractivity contribution in [1.82, 2.24) is 15.3 Å². The van der Waals surface area contributed by atoms with Crippen LogP contribution in [-0.4, -0.2) is 15.9 Å². The molecular weight excluding hydrogens is 272 g/mol. The van der Waals surface area contributed by atoms with Crippen molar-refractivity contribution >= 4 is 23.1 Å². The maximum atomic E-state index is 12.3. The molecule has 0 aromatic carbocycles. The zero-order valence-corrected chi connectivity index (χ0v) is 12.6. The second-order valence-corrected chi connectivity index (χ2v) is 5.85. The zero-order valence-electron chi connectivity index (χ0n) is 11.8. The molecule has 0 bridgehead atoms. The Kier molecular flexibility index (Phi) is 4.34.